The normalized spacial score (nSPS) is 12.6. The monoisotopic (exact) mass is 255 g/mol. The van der Waals surface area contributed by atoms with Crippen LogP contribution < -0.4 is 9.32 Å². The van der Waals surface area contributed by atoms with Crippen LogP contribution in [0.1, 0.15) is 11.1 Å². The zero-order valence-corrected chi connectivity index (χ0v) is 8.89. The van der Waals surface area contributed by atoms with Gasteiger partial charge < -0.3 is 4.18 Å². The second kappa shape index (κ2) is 3.95. The van der Waals surface area contributed by atoms with Crippen LogP contribution in [0.25, 0.3) is 0 Å². The van der Waals surface area contributed by atoms with Gasteiger partial charge in [-0.3, -0.25) is 0 Å². The molecule has 0 aliphatic carbocycles. The van der Waals surface area contributed by atoms with Gasteiger partial charge in [0.2, 0.25) is 0 Å². The summed E-state index contributed by atoms with van der Waals surface area (Å²) >= 11 is 0. The van der Waals surface area contributed by atoms with Gasteiger partial charge >= 0.3 is 16.5 Å². The Kier molecular flexibility index (Phi) is 3.15. The Morgan fingerprint density at radius 3 is 2.31 bits per heavy atom. The Morgan fingerprint density at radius 2 is 1.88 bits per heavy atom. The number of rotatable bonds is 2. The Labute approximate surface area is 90.1 Å². The van der Waals surface area contributed by atoms with E-state index in [4.69, 9.17) is 0 Å². The van der Waals surface area contributed by atoms with E-state index < -0.39 is 27.8 Å². The fourth-order valence-electron chi connectivity index (χ4n) is 1.09. The average molecular weight is 255 g/mol. The van der Waals surface area contributed by atoms with E-state index in [9.17, 15) is 21.6 Å². The summed E-state index contributed by atoms with van der Waals surface area (Å²) in [7, 11) is -4.32. The summed E-state index contributed by atoms with van der Waals surface area (Å²) in [4.78, 5) is 0. The highest BCUT2D eigenvalue weighted by atomic mass is 32.2. The van der Waals surface area contributed by atoms with Crippen molar-refractivity contribution < 1.29 is 25.8 Å². The minimum absolute atomic E-state index is 0.0331. The SMILES string of the molecule is Cc1ccc(OS(N)(=O)=O)cc1C(F)(F)F. The smallest absolute Gasteiger partial charge is 0.371 e. The largest absolute Gasteiger partial charge is 0.416 e. The summed E-state index contributed by atoms with van der Waals surface area (Å²) in [6.45, 7) is 1.25. The predicted octanol–water partition coefficient (Wildman–Crippen LogP) is 1.60. The van der Waals surface area contributed by atoms with E-state index in [0.717, 1.165) is 12.1 Å². The molecular weight excluding hydrogens is 247 g/mol. The van der Waals surface area contributed by atoms with Crippen LogP contribution in [0.3, 0.4) is 0 Å². The summed E-state index contributed by atoms with van der Waals surface area (Å²) in [5, 5.41) is 4.53. The van der Waals surface area contributed by atoms with Crippen molar-refractivity contribution in [1.29, 1.82) is 0 Å². The topological polar surface area (TPSA) is 69.4 Å². The lowest BCUT2D eigenvalue weighted by Gasteiger charge is -2.11. The maximum Gasteiger partial charge on any atom is 0.416 e. The van der Waals surface area contributed by atoms with Crippen molar-refractivity contribution in [3.63, 3.8) is 0 Å². The zero-order valence-electron chi connectivity index (χ0n) is 8.08. The van der Waals surface area contributed by atoms with Crippen LogP contribution in [0.15, 0.2) is 18.2 Å². The van der Waals surface area contributed by atoms with E-state index in [1.54, 1.807) is 0 Å². The first-order valence-electron chi connectivity index (χ1n) is 3.99. The molecule has 0 atom stereocenters. The predicted molar refractivity (Wildman–Crippen MR) is 49.9 cm³/mol. The molecule has 0 unspecified atom stereocenters. The molecule has 0 aromatic heterocycles. The minimum atomic E-state index is -4.57. The van der Waals surface area contributed by atoms with Crippen LogP contribution in [0, 0.1) is 6.92 Å². The molecule has 1 rings (SSSR count). The number of benzene rings is 1. The lowest BCUT2D eigenvalue weighted by Crippen LogP contribution is -2.19. The lowest BCUT2D eigenvalue weighted by atomic mass is 10.1. The molecule has 1 aromatic carbocycles. The average Bonchev–Trinajstić information content (AvgIpc) is 2.04. The molecule has 0 saturated heterocycles. The maximum absolute atomic E-state index is 12.4. The van der Waals surface area contributed by atoms with Crippen molar-refractivity contribution in [2.75, 3.05) is 0 Å². The fourth-order valence-corrected chi connectivity index (χ4v) is 1.46. The molecule has 4 nitrogen and oxygen atoms in total. The molecule has 0 heterocycles. The second-order valence-corrected chi connectivity index (χ2v) is 4.20. The van der Waals surface area contributed by atoms with Gasteiger partial charge in [0.25, 0.3) is 0 Å². The molecular formula is C8H8F3NO3S. The fraction of sp³-hybridized carbons (Fsp3) is 0.250. The Morgan fingerprint density at radius 1 is 1.31 bits per heavy atom. The number of halogens is 3. The molecule has 0 amide bonds. The highest BCUT2D eigenvalue weighted by molar-refractivity contribution is 7.84. The molecule has 90 valence electrons. The quantitative estimate of drug-likeness (QED) is 0.872. The van der Waals surface area contributed by atoms with Crippen molar-refractivity contribution in [2.45, 2.75) is 13.1 Å². The van der Waals surface area contributed by atoms with E-state index in [2.05, 4.69) is 9.32 Å². The van der Waals surface area contributed by atoms with Gasteiger partial charge in [0, 0.05) is 0 Å². The van der Waals surface area contributed by atoms with Crippen LogP contribution in [0.2, 0.25) is 0 Å². The molecule has 0 fully saturated rings. The third-order valence-corrected chi connectivity index (χ3v) is 2.15. The van der Waals surface area contributed by atoms with Gasteiger partial charge in [-0.25, -0.2) is 0 Å². The van der Waals surface area contributed by atoms with Crippen molar-refractivity contribution in [2.24, 2.45) is 5.14 Å². The van der Waals surface area contributed by atoms with Crippen LogP contribution in [0.4, 0.5) is 13.2 Å². The molecule has 8 heteroatoms. The Bertz CT molecular complexity index is 496. The summed E-state index contributed by atoms with van der Waals surface area (Å²) < 4.78 is 62.5. The number of hydrogen-bond acceptors (Lipinski definition) is 3. The molecule has 0 aliphatic heterocycles. The molecule has 1 aromatic rings. The Hall–Kier alpha value is -1.28. The molecule has 16 heavy (non-hydrogen) atoms. The molecule has 0 radical (unpaired) electrons. The second-order valence-electron chi connectivity index (χ2n) is 3.05. The zero-order chi connectivity index (χ0) is 12.6. The first-order valence-corrected chi connectivity index (χ1v) is 5.47. The van der Waals surface area contributed by atoms with Crippen LogP contribution in [-0.4, -0.2) is 8.42 Å². The van der Waals surface area contributed by atoms with Gasteiger partial charge in [-0.15, -0.1) is 0 Å². The molecule has 0 spiro atoms. The number of aryl methyl sites for hydroxylation is 1. The first-order chi connectivity index (χ1) is 7.09. The van der Waals surface area contributed by atoms with Gasteiger partial charge in [0.1, 0.15) is 5.75 Å². The minimum Gasteiger partial charge on any atom is -0.371 e. The summed E-state index contributed by atoms with van der Waals surface area (Å²) in [5.74, 6) is -0.472. The molecule has 2 N–H and O–H groups in total. The van der Waals surface area contributed by atoms with Crippen molar-refractivity contribution in [1.82, 2.24) is 0 Å². The summed E-state index contributed by atoms with van der Waals surface area (Å²) in [5.41, 5.74) is -0.997. The highest BCUT2D eigenvalue weighted by Gasteiger charge is 2.32. The van der Waals surface area contributed by atoms with Gasteiger partial charge in [-0.05, 0) is 24.6 Å². The van der Waals surface area contributed by atoms with E-state index in [1.807, 2.05) is 0 Å². The number of hydrogen-bond donors (Lipinski definition) is 1. The van der Waals surface area contributed by atoms with Gasteiger partial charge in [-0.1, -0.05) is 6.07 Å². The van der Waals surface area contributed by atoms with Crippen LogP contribution in [0.5, 0.6) is 5.75 Å². The van der Waals surface area contributed by atoms with Crippen molar-refractivity contribution >= 4 is 10.3 Å². The van der Waals surface area contributed by atoms with Crippen LogP contribution in [-0.2, 0) is 16.5 Å². The molecule has 0 bridgehead atoms. The standard InChI is InChI=1S/C8H8F3NO3S/c1-5-2-3-6(15-16(12,13)14)4-7(5)8(9,10)11/h2-4H,1H3,(H2,12,13,14). The van der Waals surface area contributed by atoms with E-state index in [-0.39, 0.29) is 5.56 Å². The van der Waals surface area contributed by atoms with E-state index in [1.165, 1.54) is 6.92 Å². The lowest BCUT2D eigenvalue weighted by molar-refractivity contribution is -0.138. The van der Waals surface area contributed by atoms with Gasteiger partial charge in [-0.2, -0.15) is 26.7 Å². The van der Waals surface area contributed by atoms with Crippen molar-refractivity contribution in [3.8, 4) is 5.75 Å². The third-order valence-electron chi connectivity index (χ3n) is 1.73. The summed E-state index contributed by atoms with van der Waals surface area (Å²) in [6.07, 6.45) is -4.57. The molecule has 0 saturated carbocycles. The first kappa shape index (κ1) is 12.8. The van der Waals surface area contributed by atoms with Gasteiger partial charge in [0.05, 0.1) is 5.56 Å². The van der Waals surface area contributed by atoms with Gasteiger partial charge in [0.15, 0.2) is 0 Å². The molecule has 0 aliphatic rings. The third kappa shape index (κ3) is 3.38. The van der Waals surface area contributed by atoms with Crippen LogP contribution >= 0.6 is 0 Å². The maximum atomic E-state index is 12.4. The van der Waals surface area contributed by atoms with E-state index in [0.29, 0.717) is 6.07 Å². The summed E-state index contributed by atoms with van der Waals surface area (Å²) in [6, 6.07) is 2.78. The van der Waals surface area contributed by atoms with E-state index >= 15 is 0 Å². The Balaban J connectivity index is 3.18. The highest BCUT2D eigenvalue weighted by Crippen LogP contribution is 2.34. The van der Waals surface area contributed by atoms with Crippen molar-refractivity contribution in [3.05, 3.63) is 29.3 Å². The number of alkyl halides is 3. The number of nitrogens with two attached hydrogens (primary N) is 1.